The fourth-order valence-corrected chi connectivity index (χ4v) is 2.16. The van der Waals surface area contributed by atoms with Crippen molar-refractivity contribution in [1.82, 2.24) is 14.7 Å². The molecule has 0 amide bonds. The molecule has 0 aliphatic carbocycles. The molecule has 0 N–H and O–H groups in total. The second kappa shape index (κ2) is 7.29. The summed E-state index contributed by atoms with van der Waals surface area (Å²) in [7, 11) is 4.22. The molecule has 106 valence electrons. The van der Waals surface area contributed by atoms with E-state index in [0.29, 0.717) is 0 Å². The Kier molecular flexibility index (Phi) is 6.03. The van der Waals surface area contributed by atoms with Gasteiger partial charge in [0.25, 0.3) is 0 Å². The van der Waals surface area contributed by atoms with E-state index in [1.54, 1.807) is 0 Å². The van der Waals surface area contributed by atoms with Gasteiger partial charge in [-0.1, -0.05) is 26.0 Å². The maximum atomic E-state index is 4.63. The third-order valence-electron chi connectivity index (χ3n) is 3.07. The second-order valence-electron chi connectivity index (χ2n) is 4.99. The fourth-order valence-electron chi connectivity index (χ4n) is 2.16. The topological polar surface area (TPSA) is 21.1 Å². The number of benzene rings is 1. The van der Waals surface area contributed by atoms with Crippen molar-refractivity contribution in [1.29, 1.82) is 0 Å². The van der Waals surface area contributed by atoms with Crippen LogP contribution in [0.5, 0.6) is 0 Å². The summed E-state index contributed by atoms with van der Waals surface area (Å²) in [5, 5.41) is 5.90. The average molecular weight is 261 g/mol. The number of aromatic nitrogens is 2. The minimum Gasteiger partial charge on any atom is -0.309 e. The minimum absolute atomic E-state index is 0.992. The SMILES string of the molecule is CC.Cc1ccc2c(C)nn(CCCN(C)C)c2c1. The molecule has 19 heavy (non-hydrogen) atoms. The maximum absolute atomic E-state index is 4.63. The molecule has 1 heterocycles. The molecular weight excluding hydrogens is 234 g/mol. The molecule has 1 aromatic carbocycles. The van der Waals surface area contributed by atoms with E-state index in [-0.39, 0.29) is 0 Å². The first-order chi connectivity index (χ1) is 9.08. The molecule has 0 aliphatic heterocycles. The summed E-state index contributed by atoms with van der Waals surface area (Å²) in [6.07, 6.45) is 1.14. The molecule has 0 atom stereocenters. The highest BCUT2D eigenvalue weighted by molar-refractivity contribution is 5.82. The zero-order chi connectivity index (χ0) is 14.4. The standard InChI is InChI=1S/C14H21N3.C2H6/c1-11-6-7-13-12(2)15-17(14(13)10-11)9-5-8-16(3)4;1-2/h6-7,10H,5,8-9H2,1-4H3;1-2H3. The highest BCUT2D eigenvalue weighted by Gasteiger charge is 2.06. The number of rotatable bonds is 4. The molecule has 0 fully saturated rings. The Morgan fingerprint density at radius 3 is 2.47 bits per heavy atom. The van der Waals surface area contributed by atoms with E-state index in [1.165, 1.54) is 16.5 Å². The van der Waals surface area contributed by atoms with Crippen molar-refractivity contribution in [2.45, 2.75) is 40.7 Å². The van der Waals surface area contributed by atoms with Crippen LogP contribution in [0.3, 0.4) is 0 Å². The monoisotopic (exact) mass is 261 g/mol. The van der Waals surface area contributed by atoms with E-state index in [1.807, 2.05) is 13.8 Å². The van der Waals surface area contributed by atoms with Crippen molar-refractivity contribution in [2.24, 2.45) is 0 Å². The van der Waals surface area contributed by atoms with Crippen LogP contribution in [0.2, 0.25) is 0 Å². The van der Waals surface area contributed by atoms with Crippen LogP contribution in [0.4, 0.5) is 0 Å². The predicted molar refractivity (Wildman–Crippen MR) is 83.7 cm³/mol. The second-order valence-corrected chi connectivity index (χ2v) is 4.99. The number of aryl methyl sites for hydroxylation is 3. The average Bonchev–Trinajstić information content (AvgIpc) is 2.68. The van der Waals surface area contributed by atoms with Gasteiger partial charge >= 0.3 is 0 Å². The van der Waals surface area contributed by atoms with Crippen LogP contribution in [0.15, 0.2) is 18.2 Å². The van der Waals surface area contributed by atoms with Crippen molar-refractivity contribution < 1.29 is 0 Å². The lowest BCUT2D eigenvalue weighted by atomic mass is 10.1. The first-order valence-corrected chi connectivity index (χ1v) is 7.16. The van der Waals surface area contributed by atoms with Crippen LogP contribution in [-0.2, 0) is 6.54 Å². The van der Waals surface area contributed by atoms with Crippen molar-refractivity contribution in [3.05, 3.63) is 29.5 Å². The zero-order valence-electron chi connectivity index (χ0n) is 13.2. The normalized spacial score (nSPS) is 10.7. The minimum atomic E-state index is 0.992. The van der Waals surface area contributed by atoms with Crippen LogP contribution in [0.1, 0.15) is 31.5 Å². The Balaban J connectivity index is 0.000000861. The third-order valence-corrected chi connectivity index (χ3v) is 3.07. The summed E-state index contributed by atoms with van der Waals surface area (Å²) in [6, 6.07) is 6.56. The summed E-state index contributed by atoms with van der Waals surface area (Å²) in [5.41, 5.74) is 3.69. The molecule has 0 spiro atoms. The number of nitrogens with zero attached hydrogens (tertiary/aromatic N) is 3. The van der Waals surface area contributed by atoms with Gasteiger partial charge in [0.15, 0.2) is 0 Å². The van der Waals surface area contributed by atoms with Gasteiger partial charge in [-0.15, -0.1) is 0 Å². The van der Waals surface area contributed by atoms with Gasteiger partial charge in [-0.3, -0.25) is 4.68 Å². The quantitative estimate of drug-likeness (QED) is 0.838. The van der Waals surface area contributed by atoms with E-state index >= 15 is 0 Å². The first-order valence-electron chi connectivity index (χ1n) is 7.16. The largest absolute Gasteiger partial charge is 0.309 e. The molecule has 0 bridgehead atoms. The predicted octanol–water partition coefficient (Wildman–Crippen LogP) is 3.63. The van der Waals surface area contributed by atoms with Crippen molar-refractivity contribution in [3.8, 4) is 0 Å². The van der Waals surface area contributed by atoms with Gasteiger partial charge in [-0.2, -0.15) is 5.10 Å². The van der Waals surface area contributed by atoms with Crippen LogP contribution in [0.25, 0.3) is 10.9 Å². The number of hydrogen-bond donors (Lipinski definition) is 0. The van der Waals surface area contributed by atoms with Crippen molar-refractivity contribution in [3.63, 3.8) is 0 Å². The van der Waals surface area contributed by atoms with Crippen LogP contribution in [-0.4, -0.2) is 35.3 Å². The van der Waals surface area contributed by atoms with E-state index in [2.05, 4.69) is 60.8 Å². The molecule has 0 radical (unpaired) electrons. The molecule has 2 rings (SSSR count). The van der Waals surface area contributed by atoms with Gasteiger partial charge in [0, 0.05) is 11.9 Å². The molecule has 1 aromatic heterocycles. The highest BCUT2D eigenvalue weighted by atomic mass is 15.3. The van der Waals surface area contributed by atoms with Crippen LogP contribution in [0, 0.1) is 13.8 Å². The van der Waals surface area contributed by atoms with Gasteiger partial charge in [0.05, 0.1) is 11.2 Å². The van der Waals surface area contributed by atoms with Crippen LogP contribution >= 0.6 is 0 Å². The molecular formula is C16H27N3. The summed E-state index contributed by atoms with van der Waals surface area (Å²) in [6.45, 7) is 10.3. The first kappa shape index (κ1) is 15.7. The Morgan fingerprint density at radius 2 is 1.84 bits per heavy atom. The van der Waals surface area contributed by atoms with Crippen LogP contribution < -0.4 is 0 Å². The maximum Gasteiger partial charge on any atom is 0.0687 e. The number of hydrogen-bond acceptors (Lipinski definition) is 2. The Morgan fingerprint density at radius 1 is 1.16 bits per heavy atom. The lowest BCUT2D eigenvalue weighted by molar-refractivity contribution is 0.382. The molecule has 3 heteroatoms. The molecule has 0 unspecified atom stereocenters. The Bertz CT molecular complexity index is 512. The fraction of sp³-hybridized carbons (Fsp3) is 0.562. The van der Waals surface area contributed by atoms with Gasteiger partial charge < -0.3 is 4.90 Å². The third kappa shape index (κ3) is 4.06. The lowest BCUT2D eigenvalue weighted by Gasteiger charge is -2.09. The van der Waals surface area contributed by atoms with Gasteiger partial charge in [0.1, 0.15) is 0 Å². The van der Waals surface area contributed by atoms with Crippen molar-refractivity contribution in [2.75, 3.05) is 20.6 Å². The molecule has 2 aromatic rings. The zero-order valence-corrected chi connectivity index (χ0v) is 13.2. The van der Waals surface area contributed by atoms with E-state index in [9.17, 15) is 0 Å². The van der Waals surface area contributed by atoms with Crippen molar-refractivity contribution >= 4 is 10.9 Å². The smallest absolute Gasteiger partial charge is 0.0687 e. The molecule has 3 nitrogen and oxygen atoms in total. The Hall–Kier alpha value is -1.35. The summed E-state index contributed by atoms with van der Waals surface area (Å²) in [4.78, 5) is 2.21. The number of fused-ring (bicyclic) bond motifs is 1. The van der Waals surface area contributed by atoms with E-state index < -0.39 is 0 Å². The highest BCUT2D eigenvalue weighted by Crippen LogP contribution is 2.19. The van der Waals surface area contributed by atoms with E-state index in [0.717, 1.165) is 25.2 Å². The van der Waals surface area contributed by atoms with Gasteiger partial charge in [-0.25, -0.2) is 0 Å². The van der Waals surface area contributed by atoms with E-state index in [4.69, 9.17) is 0 Å². The Labute approximate surface area is 117 Å². The van der Waals surface area contributed by atoms with Gasteiger partial charge in [0.2, 0.25) is 0 Å². The summed E-state index contributed by atoms with van der Waals surface area (Å²) >= 11 is 0. The lowest BCUT2D eigenvalue weighted by Crippen LogP contribution is -2.15. The molecule has 0 aliphatic rings. The van der Waals surface area contributed by atoms with Gasteiger partial charge in [-0.05, 0) is 52.5 Å². The summed E-state index contributed by atoms with van der Waals surface area (Å²) < 4.78 is 2.14. The molecule has 0 saturated carbocycles. The molecule has 0 saturated heterocycles. The summed E-state index contributed by atoms with van der Waals surface area (Å²) in [5.74, 6) is 0.